The molecule has 1 aliphatic heterocycles. The molecular weight excluding hydrogens is 254 g/mol. The zero-order valence-corrected chi connectivity index (χ0v) is 12.7. The molecule has 0 saturated carbocycles. The van der Waals surface area contributed by atoms with Crippen LogP contribution < -0.4 is 10.2 Å². The van der Waals surface area contributed by atoms with Crippen LogP contribution in [0.25, 0.3) is 0 Å². The van der Waals surface area contributed by atoms with Crippen molar-refractivity contribution in [1.29, 1.82) is 0 Å². The van der Waals surface area contributed by atoms with Gasteiger partial charge in [-0.15, -0.1) is 0 Å². The summed E-state index contributed by atoms with van der Waals surface area (Å²) in [7, 11) is 3.86. The highest BCUT2D eigenvalue weighted by Gasteiger charge is 2.23. The summed E-state index contributed by atoms with van der Waals surface area (Å²) in [5, 5.41) is 3.29. The summed E-state index contributed by atoms with van der Waals surface area (Å²) in [4.78, 5) is 13.6. The Morgan fingerprint density at radius 1 is 1.35 bits per heavy atom. The lowest BCUT2D eigenvalue weighted by Crippen LogP contribution is -2.51. The van der Waals surface area contributed by atoms with Gasteiger partial charge in [-0.25, -0.2) is 9.97 Å². The lowest BCUT2D eigenvalue weighted by Gasteiger charge is -2.38. The molecule has 112 valence electrons. The van der Waals surface area contributed by atoms with Gasteiger partial charge in [-0.05, 0) is 14.0 Å². The summed E-state index contributed by atoms with van der Waals surface area (Å²) < 4.78 is 4.99. The van der Waals surface area contributed by atoms with Gasteiger partial charge in [-0.1, -0.05) is 0 Å². The van der Waals surface area contributed by atoms with E-state index in [4.69, 9.17) is 4.74 Å². The molecule has 0 aliphatic carbocycles. The van der Waals surface area contributed by atoms with Crippen LogP contribution in [0.15, 0.2) is 12.4 Å². The van der Waals surface area contributed by atoms with Crippen LogP contribution in [0.1, 0.15) is 12.5 Å². The van der Waals surface area contributed by atoms with Gasteiger partial charge in [-0.2, -0.15) is 0 Å². The first kappa shape index (κ1) is 15.2. The molecule has 6 heteroatoms. The third kappa shape index (κ3) is 4.13. The van der Waals surface area contributed by atoms with E-state index >= 15 is 0 Å². The van der Waals surface area contributed by atoms with Crippen molar-refractivity contribution < 1.29 is 4.74 Å². The molecule has 20 heavy (non-hydrogen) atoms. The number of rotatable bonds is 6. The molecule has 1 N–H and O–H groups in total. The second-order valence-electron chi connectivity index (χ2n) is 5.37. The van der Waals surface area contributed by atoms with E-state index in [1.165, 1.54) is 0 Å². The lowest BCUT2D eigenvalue weighted by molar-refractivity contribution is 0.199. The van der Waals surface area contributed by atoms with Crippen LogP contribution >= 0.6 is 0 Å². The first-order chi connectivity index (χ1) is 9.70. The molecule has 2 rings (SSSR count). The third-order valence-corrected chi connectivity index (χ3v) is 3.59. The molecule has 6 nitrogen and oxygen atoms in total. The van der Waals surface area contributed by atoms with E-state index in [2.05, 4.69) is 39.1 Å². The van der Waals surface area contributed by atoms with Crippen molar-refractivity contribution in [3.63, 3.8) is 0 Å². The Balaban J connectivity index is 1.87. The van der Waals surface area contributed by atoms with Gasteiger partial charge in [0, 0.05) is 63.8 Å². The molecule has 2 heterocycles. The number of anilines is 1. The molecule has 0 amide bonds. The average Bonchev–Trinajstić information content (AvgIpc) is 2.45. The monoisotopic (exact) mass is 279 g/mol. The van der Waals surface area contributed by atoms with Gasteiger partial charge in [0.2, 0.25) is 5.95 Å². The highest BCUT2D eigenvalue weighted by atomic mass is 16.5. The van der Waals surface area contributed by atoms with Crippen molar-refractivity contribution in [3.8, 4) is 0 Å². The molecule has 1 atom stereocenters. The third-order valence-electron chi connectivity index (χ3n) is 3.59. The molecule has 1 aromatic heterocycles. The summed E-state index contributed by atoms with van der Waals surface area (Å²) in [6.45, 7) is 7.67. The number of nitrogens with zero attached hydrogens (tertiary/aromatic N) is 4. The SMILES string of the molecule is COCCNCc1cnc(N2CCN(C)CC2C)nc1. The fourth-order valence-electron chi connectivity index (χ4n) is 2.43. The van der Waals surface area contributed by atoms with E-state index in [-0.39, 0.29) is 0 Å². The number of hydrogen-bond donors (Lipinski definition) is 1. The smallest absolute Gasteiger partial charge is 0.225 e. The molecule has 1 unspecified atom stereocenters. The minimum absolute atomic E-state index is 0.458. The van der Waals surface area contributed by atoms with Crippen LogP contribution in [0.3, 0.4) is 0 Å². The van der Waals surface area contributed by atoms with Crippen LogP contribution in [-0.4, -0.2) is 67.9 Å². The van der Waals surface area contributed by atoms with Crippen molar-refractivity contribution in [2.75, 3.05) is 51.8 Å². The molecule has 1 saturated heterocycles. The van der Waals surface area contributed by atoms with E-state index in [9.17, 15) is 0 Å². The minimum atomic E-state index is 0.458. The molecule has 0 bridgehead atoms. The number of nitrogens with one attached hydrogen (secondary N) is 1. The number of aromatic nitrogens is 2. The number of hydrogen-bond acceptors (Lipinski definition) is 6. The second-order valence-corrected chi connectivity index (χ2v) is 5.37. The molecular formula is C14H25N5O. The number of likely N-dealkylation sites (N-methyl/N-ethyl adjacent to an activating group) is 1. The van der Waals surface area contributed by atoms with Gasteiger partial charge in [-0.3, -0.25) is 0 Å². The van der Waals surface area contributed by atoms with Gasteiger partial charge in [0.25, 0.3) is 0 Å². The lowest BCUT2D eigenvalue weighted by atomic mass is 10.2. The highest BCUT2D eigenvalue weighted by Crippen LogP contribution is 2.15. The fourth-order valence-corrected chi connectivity index (χ4v) is 2.43. The van der Waals surface area contributed by atoms with Gasteiger partial charge < -0.3 is 19.9 Å². The van der Waals surface area contributed by atoms with Crippen LogP contribution in [0.5, 0.6) is 0 Å². The Kier molecular flexibility index (Phi) is 5.70. The van der Waals surface area contributed by atoms with E-state index < -0.39 is 0 Å². The number of piperazine rings is 1. The van der Waals surface area contributed by atoms with Gasteiger partial charge >= 0.3 is 0 Å². The minimum Gasteiger partial charge on any atom is -0.383 e. The summed E-state index contributed by atoms with van der Waals surface area (Å²) in [6.07, 6.45) is 3.82. The van der Waals surface area contributed by atoms with Crippen LogP contribution in [-0.2, 0) is 11.3 Å². The number of ether oxygens (including phenoxy) is 1. The van der Waals surface area contributed by atoms with Crippen LogP contribution in [0.4, 0.5) is 5.95 Å². The molecule has 1 aromatic rings. The van der Waals surface area contributed by atoms with Crippen molar-refractivity contribution >= 4 is 5.95 Å². The first-order valence-electron chi connectivity index (χ1n) is 7.16. The molecule has 1 fully saturated rings. The predicted octanol–water partition coefficient (Wildman–Crippen LogP) is 0.353. The topological polar surface area (TPSA) is 53.5 Å². The Morgan fingerprint density at radius 2 is 2.10 bits per heavy atom. The normalized spacial score (nSPS) is 20.4. The zero-order valence-electron chi connectivity index (χ0n) is 12.7. The van der Waals surface area contributed by atoms with Crippen LogP contribution in [0, 0.1) is 0 Å². The summed E-state index contributed by atoms with van der Waals surface area (Å²) in [6, 6.07) is 0.458. The van der Waals surface area contributed by atoms with E-state index in [0.29, 0.717) is 6.04 Å². The Hall–Kier alpha value is -1.24. The largest absolute Gasteiger partial charge is 0.383 e. The molecule has 0 radical (unpaired) electrons. The van der Waals surface area contributed by atoms with E-state index in [1.807, 2.05) is 12.4 Å². The Labute approximate surface area is 121 Å². The first-order valence-corrected chi connectivity index (χ1v) is 7.16. The standard InChI is InChI=1S/C14H25N5O/c1-12-11-18(2)5-6-19(12)14-16-9-13(10-17-14)8-15-4-7-20-3/h9-10,12,15H,4-8,11H2,1-3H3. The molecule has 0 spiro atoms. The molecule has 0 aromatic carbocycles. The zero-order chi connectivity index (χ0) is 14.4. The summed E-state index contributed by atoms with van der Waals surface area (Å²) in [5.41, 5.74) is 1.10. The Morgan fingerprint density at radius 3 is 2.75 bits per heavy atom. The van der Waals surface area contributed by atoms with Gasteiger partial charge in [0.05, 0.1) is 6.61 Å². The maximum Gasteiger partial charge on any atom is 0.225 e. The number of methoxy groups -OCH3 is 1. The van der Waals surface area contributed by atoms with Crippen molar-refractivity contribution in [3.05, 3.63) is 18.0 Å². The van der Waals surface area contributed by atoms with Gasteiger partial charge in [0.15, 0.2) is 0 Å². The second kappa shape index (κ2) is 7.52. The Bertz CT molecular complexity index is 397. The predicted molar refractivity (Wildman–Crippen MR) is 79.9 cm³/mol. The quantitative estimate of drug-likeness (QED) is 0.759. The fraction of sp³-hybridized carbons (Fsp3) is 0.714. The van der Waals surface area contributed by atoms with E-state index in [0.717, 1.165) is 50.8 Å². The highest BCUT2D eigenvalue weighted by molar-refractivity contribution is 5.32. The summed E-state index contributed by atoms with van der Waals surface area (Å²) >= 11 is 0. The van der Waals surface area contributed by atoms with E-state index in [1.54, 1.807) is 7.11 Å². The van der Waals surface area contributed by atoms with Crippen molar-refractivity contribution in [2.24, 2.45) is 0 Å². The maximum absolute atomic E-state index is 4.99. The van der Waals surface area contributed by atoms with Crippen LogP contribution in [0.2, 0.25) is 0 Å². The van der Waals surface area contributed by atoms with Crippen molar-refractivity contribution in [2.45, 2.75) is 19.5 Å². The van der Waals surface area contributed by atoms with Gasteiger partial charge in [0.1, 0.15) is 0 Å². The average molecular weight is 279 g/mol. The van der Waals surface area contributed by atoms with Crippen molar-refractivity contribution in [1.82, 2.24) is 20.2 Å². The maximum atomic E-state index is 4.99. The molecule has 1 aliphatic rings. The summed E-state index contributed by atoms with van der Waals surface area (Å²) in [5.74, 6) is 0.839.